The minimum atomic E-state index is -1.99. The summed E-state index contributed by atoms with van der Waals surface area (Å²) in [5.41, 5.74) is 0. The van der Waals surface area contributed by atoms with Crippen LogP contribution in [0.2, 0.25) is 0 Å². The lowest BCUT2D eigenvalue weighted by Crippen LogP contribution is -2.66. The standard InChI is InChI=1S/C86H141NO18/c1-3-5-7-9-11-13-15-17-19-21-23-24-25-26-27-28-29-30-31-32-33-34-35-36-37-38-39-40-41-42-43-44-46-48-50-52-54-56-58-60-62-64-74(92)87-69(70(91)63-61-59-57-55-53-51-49-47-45-22-20-18-16-14-12-10-8-6-4-2)68-100-84-80(98)77(95)82(72(66-89)102-84)105-86-81(99)78(96)83(73(67-90)103-86)104-85-79(97)76(94)75(93)71(65-88)101-85/h5,7,11,13,17,19,23-24,26-27,29-30,32-33,35-36,38-39,41-42,44,46,53,55,61,63,69-73,75-86,88-91,93-99H,3-4,6,8-10,12,14-16,18,20-22,25,28,31,34,37,40,43,45,47-52,54,56-60,62,64-68H2,1-2H3,(H,87,92)/b7-5-,13-11-,19-17-,24-23-,27-26-,30-29-,33-32-,36-35-,39-38-,42-41-,46-44-,55-53+,63-61+. The van der Waals surface area contributed by atoms with Crippen LogP contribution >= 0.6 is 0 Å². The number of hydrogen-bond donors (Lipinski definition) is 12. The predicted molar refractivity (Wildman–Crippen MR) is 419 cm³/mol. The van der Waals surface area contributed by atoms with E-state index in [1.807, 2.05) is 6.08 Å². The van der Waals surface area contributed by atoms with Crippen molar-refractivity contribution in [3.63, 3.8) is 0 Å². The zero-order chi connectivity index (χ0) is 76.0. The Hall–Kier alpha value is -4.59. The van der Waals surface area contributed by atoms with Crippen molar-refractivity contribution in [2.24, 2.45) is 0 Å². The largest absolute Gasteiger partial charge is 0.394 e. The normalized spacial score (nSPS) is 26.7. The molecule has 3 aliphatic rings. The molecule has 12 N–H and O–H groups in total. The van der Waals surface area contributed by atoms with Crippen molar-refractivity contribution >= 4 is 5.91 Å². The van der Waals surface area contributed by atoms with Crippen LogP contribution in [0.3, 0.4) is 0 Å². The number of amides is 1. The van der Waals surface area contributed by atoms with Crippen LogP contribution in [-0.2, 0) is 33.2 Å². The zero-order valence-electron chi connectivity index (χ0n) is 63.9. The van der Waals surface area contributed by atoms with Gasteiger partial charge in [-0.1, -0.05) is 281 Å². The third-order valence-corrected chi connectivity index (χ3v) is 18.8. The number of unbranched alkanes of at least 4 members (excludes halogenated alkanes) is 21. The van der Waals surface area contributed by atoms with E-state index in [0.29, 0.717) is 12.8 Å². The quantitative estimate of drug-likeness (QED) is 0.0199. The van der Waals surface area contributed by atoms with Crippen LogP contribution in [0.4, 0.5) is 0 Å². The zero-order valence-corrected chi connectivity index (χ0v) is 63.9. The summed E-state index contributed by atoms with van der Waals surface area (Å²) in [5.74, 6) is -0.302. The van der Waals surface area contributed by atoms with E-state index in [9.17, 15) is 61.0 Å². The number of carbonyl (C=O) groups is 1. The van der Waals surface area contributed by atoms with E-state index in [4.69, 9.17) is 28.4 Å². The smallest absolute Gasteiger partial charge is 0.220 e. The highest BCUT2D eigenvalue weighted by Gasteiger charge is 2.54. The molecule has 0 saturated carbocycles. The molecule has 3 fully saturated rings. The fourth-order valence-corrected chi connectivity index (χ4v) is 12.4. The Bertz CT molecular complexity index is 2520. The second-order valence-corrected chi connectivity index (χ2v) is 27.8. The van der Waals surface area contributed by atoms with Crippen molar-refractivity contribution in [3.05, 3.63) is 158 Å². The molecule has 3 rings (SSSR count). The van der Waals surface area contributed by atoms with Gasteiger partial charge in [-0.2, -0.15) is 0 Å². The molecule has 0 aromatic rings. The number of hydrogen-bond acceptors (Lipinski definition) is 18. The van der Waals surface area contributed by atoms with Crippen molar-refractivity contribution in [1.82, 2.24) is 5.32 Å². The van der Waals surface area contributed by atoms with Crippen LogP contribution in [0, 0.1) is 0 Å². The first-order valence-corrected chi connectivity index (χ1v) is 40.2. The average Bonchev–Trinajstić information content (AvgIpc) is 0.781. The van der Waals surface area contributed by atoms with Crippen LogP contribution in [0.15, 0.2) is 158 Å². The lowest BCUT2D eigenvalue weighted by Gasteiger charge is -2.48. The fourth-order valence-electron chi connectivity index (χ4n) is 12.4. The summed E-state index contributed by atoms with van der Waals surface area (Å²) >= 11 is 0. The first-order valence-electron chi connectivity index (χ1n) is 40.2. The van der Waals surface area contributed by atoms with Gasteiger partial charge in [0.1, 0.15) is 73.2 Å². The molecule has 0 aliphatic carbocycles. The Balaban J connectivity index is 1.36. The molecule has 1 amide bonds. The number of allylic oxidation sites excluding steroid dienone is 25. The molecule has 0 aromatic carbocycles. The number of rotatable bonds is 61. The molecule has 17 atom stereocenters. The lowest BCUT2D eigenvalue weighted by molar-refractivity contribution is -0.379. The molecular weight excluding hydrogens is 1330 g/mol. The summed E-state index contributed by atoms with van der Waals surface area (Å²) in [7, 11) is 0. The van der Waals surface area contributed by atoms with E-state index < -0.39 is 124 Å². The molecule has 0 radical (unpaired) electrons. The SMILES string of the molecule is CC/C=C\C/C=C\C/C=C\C/C=C\C/C=C\C/C=C\C/C=C\C/C=C\C/C=C\C/C=C\C/C=C\CCCCCCCCCC(=O)NC(COC1OC(CO)C(OC2OC(CO)C(OC3OC(CO)C(O)C(O)C3O)C(O)C2O)C(O)C1O)C(O)/C=C/CC/C=C/CCCCCCCCCCCCCCC. The van der Waals surface area contributed by atoms with Crippen LogP contribution in [0.25, 0.3) is 0 Å². The van der Waals surface area contributed by atoms with Crippen molar-refractivity contribution in [1.29, 1.82) is 0 Å². The number of aliphatic hydroxyl groups excluding tert-OH is 11. The van der Waals surface area contributed by atoms with Crippen LogP contribution in [0.5, 0.6) is 0 Å². The van der Waals surface area contributed by atoms with Crippen molar-refractivity contribution in [2.75, 3.05) is 26.4 Å². The van der Waals surface area contributed by atoms with Gasteiger partial charge in [0.15, 0.2) is 18.9 Å². The topological polar surface area (TPSA) is 307 Å². The first kappa shape index (κ1) is 94.6. The summed E-state index contributed by atoms with van der Waals surface area (Å²) in [6.45, 7) is 1.58. The highest BCUT2D eigenvalue weighted by molar-refractivity contribution is 5.76. The minimum Gasteiger partial charge on any atom is -0.394 e. The molecular formula is C86H141NO18. The van der Waals surface area contributed by atoms with Crippen molar-refractivity contribution < 1.29 is 89.4 Å². The molecule has 105 heavy (non-hydrogen) atoms. The highest BCUT2D eigenvalue weighted by Crippen LogP contribution is 2.33. The van der Waals surface area contributed by atoms with E-state index in [-0.39, 0.29) is 18.9 Å². The van der Waals surface area contributed by atoms with Gasteiger partial charge < -0.3 is 89.9 Å². The van der Waals surface area contributed by atoms with E-state index in [1.165, 1.54) is 77.0 Å². The summed E-state index contributed by atoms with van der Waals surface area (Å²) in [5, 5.41) is 121. The van der Waals surface area contributed by atoms with E-state index in [1.54, 1.807) is 6.08 Å². The van der Waals surface area contributed by atoms with Gasteiger partial charge in [-0.05, 0) is 116 Å². The van der Waals surface area contributed by atoms with E-state index in [2.05, 4.69) is 165 Å². The Morgan fingerprint density at radius 2 is 0.667 bits per heavy atom. The molecule has 19 nitrogen and oxygen atoms in total. The molecule has 598 valence electrons. The maximum Gasteiger partial charge on any atom is 0.220 e. The Morgan fingerprint density at radius 1 is 0.352 bits per heavy atom. The molecule has 17 unspecified atom stereocenters. The van der Waals surface area contributed by atoms with E-state index >= 15 is 0 Å². The fraction of sp³-hybridized carbons (Fsp3) is 0.686. The van der Waals surface area contributed by atoms with Gasteiger partial charge in [0.2, 0.25) is 5.91 Å². The molecule has 3 saturated heterocycles. The monoisotopic (exact) mass is 1480 g/mol. The summed E-state index contributed by atoms with van der Waals surface area (Å²) in [6, 6.07) is -1.01. The molecule has 0 spiro atoms. The number of ether oxygens (including phenoxy) is 6. The van der Waals surface area contributed by atoms with Gasteiger partial charge in [-0.3, -0.25) is 4.79 Å². The van der Waals surface area contributed by atoms with Crippen LogP contribution in [0.1, 0.15) is 245 Å². The first-order chi connectivity index (χ1) is 51.3. The molecule has 3 heterocycles. The van der Waals surface area contributed by atoms with E-state index in [0.717, 1.165) is 135 Å². The lowest BCUT2D eigenvalue weighted by atomic mass is 9.96. The number of nitrogens with one attached hydrogen (secondary N) is 1. The molecule has 19 heteroatoms. The number of carbonyl (C=O) groups excluding carboxylic acids is 1. The van der Waals surface area contributed by atoms with Gasteiger partial charge in [0, 0.05) is 6.42 Å². The van der Waals surface area contributed by atoms with Crippen LogP contribution in [-0.4, -0.2) is 193 Å². The summed E-state index contributed by atoms with van der Waals surface area (Å²) in [4.78, 5) is 13.5. The Labute approximate surface area is 631 Å². The number of aliphatic hydroxyl groups is 11. The van der Waals surface area contributed by atoms with Gasteiger partial charge in [-0.25, -0.2) is 0 Å². The molecule has 0 aromatic heterocycles. The average molecular weight is 1480 g/mol. The van der Waals surface area contributed by atoms with Gasteiger partial charge >= 0.3 is 0 Å². The van der Waals surface area contributed by atoms with Crippen LogP contribution < -0.4 is 5.32 Å². The third kappa shape index (κ3) is 44.0. The van der Waals surface area contributed by atoms with Crippen molar-refractivity contribution in [2.45, 2.75) is 349 Å². The maximum atomic E-state index is 13.5. The predicted octanol–water partition coefficient (Wildman–Crippen LogP) is 13.6. The third-order valence-electron chi connectivity index (χ3n) is 18.8. The Morgan fingerprint density at radius 3 is 1.07 bits per heavy atom. The van der Waals surface area contributed by atoms with Gasteiger partial charge in [-0.15, -0.1) is 0 Å². The summed E-state index contributed by atoms with van der Waals surface area (Å²) in [6.07, 6.45) is 67.9. The molecule has 0 bridgehead atoms. The van der Waals surface area contributed by atoms with Gasteiger partial charge in [0.05, 0.1) is 38.6 Å². The highest BCUT2D eigenvalue weighted by atomic mass is 16.8. The summed E-state index contributed by atoms with van der Waals surface area (Å²) < 4.78 is 34.4. The molecule has 3 aliphatic heterocycles. The van der Waals surface area contributed by atoms with Gasteiger partial charge in [0.25, 0.3) is 0 Å². The minimum absolute atomic E-state index is 0.212. The maximum absolute atomic E-state index is 13.5. The second kappa shape index (κ2) is 64.3. The van der Waals surface area contributed by atoms with Crippen molar-refractivity contribution in [3.8, 4) is 0 Å². The second-order valence-electron chi connectivity index (χ2n) is 27.8. The Kier molecular flexibility index (Phi) is 57.9.